The molecule has 0 aliphatic rings. The van der Waals surface area contributed by atoms with E-state index in [1.807, 2.05) is 5.43 Å². The van der Waals surface area contributed by atoms with Crippen LogP contribution in [0.25, 0.3) is 0 Å². The van der Waals surface area contributed by atoms with Gasteiger partial charge in [-0.1, -0.05) is 13.0 Å². The second kappa shape index (κ2) is 6.10. The number of benzene rings is 1. The second-order valence-electron chi connectivity index (χ2n) is 3.73. The van der Waals surface area contributed by atoms with Gasteiger partial charge in [-0.05, 0) is 18.2 Å². The monoisotopic (exact) mass is 278 g/mol. The van der Waals surface area contributed by atoms with Crippen molar-refractivity contribution >= 4 is 17.7 Å². The minimum Gasteiger partial charge on any atom is -0.294 e. The fourth-order valence-electron chi connectivity index (χ4n) is 1.34. The van der Waals surface area contributed by atoms with E-state index in [4.69, 9.17) is 5.84 Å². The zero-order valence-corrected chi connectivity index (χ0v) is 10.4. The number of thioether (sulfide) groups is 1. The van der Waals surface area contributed by atoms with Crippen molar-refractivity contribution < 1.29 is 18.0 Å². The van der Waals surface area contributed by atoms with Crippen LogP contribution in [0, 0.1) is 0 Å². The molecule has 3 N–H and O–H groups in total. The fraction of sp³-hybridized carbons (Fsp3) is 0.364. The Morgan fingerprint density at radius 1 is 1.50 bits per heavy atom. The van der Waals surface area contributed by atoms with Crippen molar-refractivity contribution in [2.75, 3.05) is 0 Å². The first-order valence-corrected chi connectivity index (χ1v) is 6.04. The molecule has 18 heavy (non-hydrogen) atoms. The average molecular weight is 278 g/mol. The molecule has 7 heteroatoms. The summed E-state index contributed by atoms with van der Waals surface area (Å²) in [5, 5.41) is -0.156. The zero-order valence-electron chi connectivity index (χ0n) is 9.62. The number of nitrogens with one attached hydrogen (secondary N) is 1. The molecule has 0 aliphatic heterocycles. The van der Waals surface area contributed by atoms with E-state index in [0.29, 0.717) is 4.90 Å². The van der Waals surface area contributed by atoms with E-state index in [1.165, 1.54) is 17.8 Å². The first-order valence-electron chi connectivity index (χ1n) is 5.16. The lowest BCUT2D eigenvalue weighted by molar-refractivity contribution is -0.137. The molecule has 100 valence electrons. The lowest BCUT2D eigenvalue weighted by Gasteiger charge is -2.12. The molecule has 0 saturated carbocycles. The Kier molecular flexibility index (Phi) is 5.03. The summed E-state index contributed by atoms with van der Waals surface area (Å²) in [5.41, 5.74) is 1.29. The Morgan fingerprint density at radius 2 is 2.17 bits per heavy atom. The molecular weight excluding hydrogens is 265 g/mol. The van der Waals surface area contributed by atoms with Crippen LogP contribution in [0.2, 0.25) is 0 Å². The average Bonchev–Trinajstić information content (AvgIpc) is 2.27. The van der Waals surface area contributed by atoms with Gasteiger partial charge < -0.3 is 0 Å². The van der Waals surface area contributed by atoms with Crippen LogP contribution in [0.5, 0.6) is 0 Å². The van der Waals surface area contributed by atoms with Crippen LogP contribution in [-0.4, -0.2) is 11.2 Å². The van der Waals surface area contributed by atoms with Crippen molar-refractivity contribution in [3.63, 3.8) is 0 Å². The van der Waals surface area contributed by atoms with E-state index in [1.54, 1.807) is 13.0 Å². The highest BCUT2D eigenvalue weighted by Gasteiger charge is 2.30. The number of hydrazine groups is 1. The summed E-state index contributed by atoms with van der Waals surface area (Å²) >= 11 is 1.20. The lowest BCUT2D eigenvalue weighted by atomic mass is 10.2. The van der Waals surface area contributed by atoms with Gasteiger partial charge >= 0.3 is 6.18 Å². The smallest absolute Gasteiger partial charge is 0.294 e. The fourth-order valence-corrected chi connectivity index (χ4v) is 2.39. The molecule has 0 aliphatic carbocycles. The lowest BCUT2D eigenvalue weighted by Crippen LogP contribution is -2.31. The highest BCUT2D eigenvalue weighted by atomic mass is 32.2. The number of rotatable bonds is 4. The van der Waals surface area contributed by atoms with Gasteiger partial charge in [-0.25, -0.2) is 5.84 Å². The highest BCUT2D eigenvalue weighted by molar-refractivity contribution is 8.00. The largest absolute Gasteiger partial charge is 0.416 e. The Balaban J connectivity index is 2.71. The summed E-state index contributed by atoms with van der Waals surface area (Å²) in [4.78, 5) is 11.5. The number of carbonyl (C=O) groups is 1. The van der Waals surface area contributed by atoms with E-state index in [2.05, 4.69) is 0 Å². The van der Waals surface area contributed by atoms with E-state index in [0.717, 1.165) is 12.1 Å². The molecular formula is C11H13F3N2OS. The first kappa shape index (κ1) is 14.8. The van der Waals surface area contributed by atoms with E-state index >= 15 is 0 Å². The van der Waals surface area contributed by atoms with Gasteiger partial charge in [0.2, 0.25) is 5.91 Å². The molecule has 0 fully saturated rings. The molecule has 0 aromatic heterocycles. The van der Waals surface area contributed by atoms with Crippen molar-refractivity contribution in [2.45, 2.75) is 29.7 Å². The third-order valence-corrected chi connectivity index (χ3v) is 3.23. The number of hydrogen-bond acceptors (Lipinski definition) is 3. The van der Waals surface area contributed by atoms with E-state index in [9.17, 15) is 18.0 Å². The number of carbonyl (C=O) groups excluding carboxylic acids is 1. The third-order valence-electron chi connectivity index (χ3n) is 2.13. The molecule has 3 nitrogen and oxygen atoms in total. The van der Waals surface area contributed by atoms with Gasteiger partial charge in [-0.3, -0.25) is 10.2 Å². The highest BCUT2D eigenvalue weighted by Crippen LogP contribution is 2.33. The molecule has 1 aromatic carbocycles. The van der Waals surface area contributed by atoms with Gasteiger partial charge in [0.25, 0.3) is 0 Å². The maximum Gasteiger partial charge on any atom is 0.416 e. The van der Waals surface area contributed by atoms with Crippen LogP contribution in [0.3, 0.4) is 0 Å². The van der Waals surface area contributed by atoms with Gasteiger partial charge in [-0.15, -0.1) is 11.8 Å². The van der Waals surface area contributed by atoms with Gasteiger partial charge in [-0.2, -0.15) is 13.2 Å². The minimum atomic E-state index is -4.35. The molecule has 0 heterocycles. The standard InChI is InChI=1S/C11H13F3N2OS/c1-7(5-10(17)16-15)18-9-4-2-3-8(6-9)11(12,13)14/h2-4,6-7H,5,15H2,1H3,(H,16,17). The molecule has 0 radical (unpaired) electrons. The van der Waals surface area contributed by atoms with Crippen molar-refractivity contribution in [1.82, 2.24) is 5.43 Å². The van der Waals surface area contributed by atoms with Crippen LogP contribution in [0.1, 0.15) is 18.9 Å². The topological polar surface area (TPSA) is 55.1 Å². The number of amides is 1. The Labute approximate surface area is 107 Å². The maximum atomic E-state index is 12.5. The van der Waals surface area contributed by atoms with Crippen LogP contribution in [-0.2, 0) is 11.0 Å². The molecule has 0 bridgehead atoms. The maximum absolute atomic E-state index is 12.5. The Hall–Kier alpha value is -1.21. The summed E-state index contributed by atoms with van der Waals surface area (Å²) in [5.74, 6) is 4.59. The summed E-state index contributed by atoms with van der Waals surface area (Å²) < 4.78 is 37.4. The second-order valence-corrected chi connectivity index (χ2v) is 5.24. The molecule has 1 unspecified atom stereocenters. The van der Waals surface area contributed by atoms with Crippen molar-refractivity contribution in [3.05, 3.63) is 29.8 Å². The normalized spacial score (nSPS) is 13.2. The predicted octanol–water partition coefficient (Wildman–Crippen LogP) is 2.57. The number of nitrogens with two attached hydrogens (primary N) is 1. The molecule has 0 spiro atoms. The van der Waals surface area contributed by atoms with Crippen LogP contribution in [0.4, 0.5) is 13.2 Å². The molecule has 1 atom stereocenters. The molecule has 0 saturated heterocycles. The quantitative estimate of drug-likeness (QED) is 0.385. The van der Waals surface area contributed by atoms with Crippen LogP contribution >= 0.6 is 11.8 Å². The number of alkyl halides is 3. The summed E-state index contributed by atoms with van der Waals surface area (Å²) in [6.07, 6.45) is -4.20. The van der Waals surface area contributed by atoms with Crippen LogP contribution in [0.15, 0.2) is 29.2 Å². The van der Waals surface area contributed by atoms with Gasteiger partial charge in [0.05, 0.1) is 5.56 Å². The summed E-state index contributed by atoms with van der Waals surface area (Å²) in [6, 6.07) is 5.01. The SMILES string of the molecule is CC(CC(=O)NN)Sc1cccc(C(F)(F)F)c1. The van der Waals surface area contributed by atoms with Gasteiger partial charge in [0, 0.05) is 16.6 Å². The van der Waals surface area contributed by atoms with Crippen molar-refractivity contribution in [2.24, 2.45) is 5.84 Å². The third kappa shape index (κ3) is 4.58. The molecule has 1 amide bonds. The predicted molar refractivity (Wildman–Crippen MR) is 63.7 cm³/mol. The Morgan fingerprint density at radius 3 is 2.72 bits per heavy atom. The molecule has 1 aromatic rings. The summed E-state index contributed by atoms with van der Waals surface area (Å²) in [6.45, 7) is 1.75. The minimum absolute atomic E-state index is 0.150. The first-order chi connectivity index (χ1) is 8.32. The number of hydrogen-bond donors (Lipinski definition) is 2. The van der Waals surface area contributed by atoms with Crippen molar-refractivity contribution in [3.8, 4) is 0 Å². The van der Waals surface area contributed by atoms with E-state index < -0.39 is 11.7 Å². The summed E-state index contributed by atoms with van der Waals surface area (Å²) in [7, 11) is 0. The zero-order chi connectivity index (χ0) is 13.8. The molecule has 1 rings (SSSR count). The van der Waals surface area contributed by atoms with Crippen LogP contribution < -0.4 is 11.3 Å². The van der Waals surface area contributed by atoms with E-state index in [-0.39, 0.29) is 17.6 Å². The van der Waals surface area contributed by atoms with Gasteiger partial charge in [0.1, 0.15) is 0 Å². The van der Waals surface area contributed by atoms with Gasteiger partial charge in [0.15, 0.2) is 0 Å². The Bertz CT molecular complexity index is 423. The number of halogens is 3. The van der Waals surface area contributed by atoms with Crippen molar-refractivity contribution in [1.29, 1.82) is 0 Å².